The van der Waals surface area contributed by atoms with E-state index in [9.17, 15) is 45.6 Å². The molecule has 14 nitrogen and oxygen atoms in total. The van der Waals surface area contributed by atoms with Crippen LogP contribution in [-0.2, 0) is 23.7 Å². The van der Waals surface area contributed by atoms with E-state index in [1.54, 1.807) is 6.08 Å². The summed E-state index contributed by atoms with van der Waals surface area (Å²) in [4.78, 5) is 13.3. The van der Waals surface area contributed by atoms with E-state index < -0.39 is 86.8 Å². The summed E-state index contributed by atoms with van der Waals surface area (Å²) in [5, 5.41) is 87.4. The Morgan fingerprint density at radius 2 is 0.776 bits per heavy atom. The van der Waals surface area contributed by atoms with Crippen molar-refractivity contribution < 1.29 is 64.6 Å². The van der Waals surface area contributed by atoms with E-state index >= 15 is 0 Å². The summed E-state index contributed by atoms with van der Waals surface area (Å²) in [5.74, 6) is -0.236. The summed E-state index contributed by atoms with van der Waals surface area (Å²) in [7, 11) is 0. The first-order valence-electron chi connectivity index (χ1n) is 35.4. The molecule has 2 aliphatic heterocycles. The molecule has 14 heteroatoms. The third-order valence-electron chi connectivity index (χ3n) is 17.3. The number of unbranched alkanes of at least 4 members (excludes halogenated alkanes) is 39. The SMILES string of the molecule is CCCCCCC/C=C\C/C=C\C/C=C\CCCCCCCCCCCCCCCCCCC(=O)NC(COC1OC(CO)C(OC2OC(CO)C(O)C(O)C2O)C(O)C1O)C(O)/C=C/CCCCCCCCCCCCCCCCCCCC. The van der Waals surface area contributed by atoms with E-state index in [-0.39, 0.29) is 18.9 Å². The van der Waals surface area contributed by atoms with Crippen molar-refractivity contribution in [2.75, 3.05) is 19.8 Å². The maximum atomic E-state index is 13.3. The molecule has 0 spiro atoms. The molecule has 2 rings (SSSR count). The predicted octanol–water partition coefficient (Wildman–Crippen LogP) is 14.3. The van der Waals surface area contributed by atoms with E-state index in [1.807, 2.05) is 6.08 Å². The molecule has 12 unspecified atom stereocenters. The number of allylic oxidation sites excluding steroid dienone is 7. The summed E-state index contributed by atoms with van der Waals surface area (Å²) >= 11 is 0. The van der Waals surface area contributed by atoms with Crippen LogP contribution in [0.3, 0.4) is 0 Å². The van der Waals surface area contributed by atoms with Crippen LogP contribution in [-0.4, -0.2) is 140 Å². The average Bonchev–Trinajstić information content (AvgIpc) is 3.68. The number of aliphatic hydroxyl groups excluding tert-OH is 8. The Bertz CT molecular complexity index is 1610. The van der Waals surface area contributed by atoms with Crippen LogP contribution in [0.2, 0.25) is 0 Å². The van der Waals surface area contributed by atoms with Gasteiger partial charge in [0.1, 0.15) is 48.8 Å². The fourth-order valence-electron chi connectivity index (χ4n) is 11.6. The molecule has 12 atom stereocenters. The molecule has 0 aromatic carbocycles. The molecule has 2 saturated heterocycles. The summed E-state index contributed by atoms with van der Waals surface area (Å²) in [6, 6.07) is -0.916. The quantitative estimate of drug-likeness (QED) is 0.0204. The van der Waals surface area contributed by atoms with E-state index in [0.717, 1.165) is 51.4 Å². The minimum atomic E-state index is -1.79. The lowest BCUT2D eigenvalue weighted by Gasteiger charge is -2.46. The van der Waals surface area contributed by atoms with Gasteiger partial charge >= 0.3 is 0 Å². The normalized spacial score (nSPS) is 23.8. The number of carbonyl (C=O) groups excluding carboxylic acids is 1. The van der Waals surface area contributed by atoms with E-state index in [2.05, 4.69) is 55.6 Å². The third kappa shape index (κ3) is 40.3. The minimum Gasteiger partial charge on any atom is -0.394 e. The summed E-state index contributed by atoms with van der Waals surface area (Å²) in [5.41, 5.74) is 0. The molecule has 1 amide bonds. The molecule has 9 N–H and O–H groups in total. The first-order valence-corrected chi connectivity index (χ1v) is 35.4. The van der Waals surface area contributed by atoms with Gasteiger partial charge in [0.2, 0.25) is 5.91 Å². The Labute approximate surface area is 518 Å². The predicted molar refractivity (Wildman–Crippen MR) is 346 cm³/mol. The van der Waals surface area contributed by atoms with Gasteiger partial charge < -0.3 is 65.1 Å². The lowest BCUT2D eigenvalue weighted by Crippen LogP contribution is -2.65. The van der Waals surface area contributed by atoms with Crippen molar-refractivity contribution >= 4 is 5.91 Å². The highest BCUT2D eigenvalue weighted by Gasteiger charge is 2.51. The second-order valence-corrected chi connectivity index (χ2v) is 25.0. The molecule has 0 aromatic rings. The number of carbonyl (C=O) groups is 1. The molecule has 2 fully saturated rings. The van der Waals surface area contributed by atoms with E-state index in [1.165, 1.54) is 225 Å². The maximum absolute atomic E-state index is 13.3. The number of hydrogen-bond donors (Lipinski definition) is 9. The van der Waals surface area contributed by atoms with Gasteiger partial charge in [-0.05, 0) is 57.8 Å². The number of nitrogens with one attached hydrogen (secondary N) is 1. The highest BCUT2D eigenvalue weighted by Crippen LogP contribution is 2.30. The van der Waals surface area contributed by atoms with Crippen molar-refractivity contribution in [1.82, 2.24) is 5.32 Å². The Kier molecular flexibility index (Phi) is 52.1. The summed E-state index contributed by atoms with van der Waals surface area (Å²) < 4.78 is 22.9. The van der Waals surface area contributed by atoms with Gasteiger partial charge in [0.15, 0.2) is 12.6 Å². The van der Waals surface area contributed by atoms with Crippen molar-refractivity contribution in [1.29, 1.82) is 0 Å². The first-order chi connectivity index (χ1) is 41.6. The van der Waals surface area contributed by atoms with Gasteiger partial charge in [0.25, 0.3) is 0 Å². The highest BCUT2D eigenvalue weighted by molar-refractivity contribution is 5.76. The van der Waals surface area contributed by atoms with Gasteiger partial charge in [0, 0.05) is 6.42 Å². The Morgan fingerprint density at radius 1 is 0.424 bits per heavy atom. The number of amides is 1. The van der Waals surface area contributed by atoms with Gasteiger partial charge in [0.05, 0.1) is 32.0 Å². The Hall–Kier alpha value is -2.05. The standard InChI is InChI=1S/C71H131NO13/c1-3-5-7-9-11-13-15-17-19-21-23-25-26-27-28-29-30-31-32-33-34-35-37-39-41-43-45-47-49-51-53-55-63(76)72-59(60(75)54-52-50-48-46-44-42-40-38-36-24-22-20-18-16-14-12-10-8-6-4-2)58-82-70-68(81)66(79)69(62(57-74)84-70)85-71-67(80)65(78)64(77)61(56-73)83-71/h15,17,21,23,26-27,52,54,59-62,64-71,73-75,77-81H,3-14,16,18-20,22,24-25,28-51,53,55-58H2,1-2H3,(H,72,76)/b17-15-,23-21-,27-26-,54-52+. The van der Waals surface area contributed by atoms with Gasteiger partial charge in [-0.15, -0.1) is 0 Å². The van der Waals surface area contributed by atoms with Crippen LogP contribution in [0.25, 0.3) is 0 Å². The number of hydrogen-bond acceptors (Lipinski definition) is 13. The second kappa shape index (κ2) is 56.0. The molecular weight excluding hydrogens is 1070 g/mol. The molecule has 0 aromatic heterocycles. The second-order valence-electron chi connectivity index (χ2n) is 25.0. The molecule has 0 aliphatic carbocycles. The van der Waals surface area contributed by atoms with Crippen LogP contribution >= 0.6 is 0 Å². The van der Waals surface area contributed by atoms with E-state index in [0.29, 0.717) is 6.42 Å². The summed E-state index contributed by atoms with van der Waals surface area (Å²) in [6.45, 7) is 2.82. The Morgan fingerprint density at radius 3 is 1.19 bits per heavy atom. The minimum absolute atomic E-state index is 0.236. The zero-order chi connectivity index (χ0) is 61.6. The lowest BCUT2D eigenvalue weighted by atomic mass is 9.97. The molecule has 0 radical (unpaired) electrons. The number of rotatable bonds is 58. The summed E-state index contributed by atoms with van der Waals surface area (Å²) in [6.07, 6.45) is 55.9. The molecule has 2 heterocycles. The molecule has 498 valence electrons. The average molecular weight is 1210 g/mol. The fraction of sp³-hybridized carbons (Fsp3) is 0.873. The van der Waals surface area contributed by atoms with Crippen LogP contribution < -0.4 is 5.32 Å². The van der Waals surface area contributed by atoms with Crippen LogP contribution in [0.4, 0.5) is 0 Å². The zero-order valence-electron chi connectivity index (χ0n) is 54.1. The van der Waals surface area contributed by atoms with Gasteiger partial charge in [-0.1, -0.05) is 287 Å². The number of aliphatic hydroxyl groups is 8. The van der Waals surface area contributed by atoms with E-state index in [4.69, 9.17) is 18.9 Å². The van der Waals surface area contributed by atoms with Crippen LogP contribution in [0.1, 0.15) is 303 Å². The monoisotopic (exact) mass is 1210 g/mol. The van der Waals surface area contributed by atoms with Crippen LogP contribution in [0, 0.1) is 0 Å². The highest BCUT2D eigenvalue weighted by atomic mass is 16.7. The van der Waals surface area contributed by atoms with Crippen molar-refractivity contribution in [3.8, 4) is 0 Å². The third-order valence-corrected chi connectivity index (χ3v) is 17.3. The van der Waals surface area contributed by atoms with Gasteiger partial charge in [-0.2, -0.15) is 0 Å². The fourth-order valence-corrected chi connectivity index (χ4v) is 11.6. The van der Waals surface area contributed by atoms with Gasteiger partial charge in [-0.25, -0.2) is 0 Å². The lowest BCUT2D eigenvalue weighted by molar-refractivity contribution is -0.359. The molecule has 2 aliphatic rings. The maximum Gasteiger partial charge on any atom is 0.220 e. The molecule has 85 heavy (non-hydrogen) atoms. The van der Waals surface area contributed by atoms with Crippen molar-refractivity contribution in [2.24, 2.45) is 0 Å². The smallest absolute Gasteiger partial charge is 0.220 e. The first kappa shape index (κ1) is 79.0. The molecular formula is C71H131NO13. The topological polar surface area (TPSA) is 228 Å². The van der Waals surface area contributed by atoms with Crippen molar-refractivity contribution in [3.05, 3.63) is 48.6 Å². The van der Waals surface area contributed by atoms with Crippen molar-refractivity contribution in [3.63, 3.8) is 0 Å². The van der Waals surface area contributed by atoms with Crippen LogP contribution in [0.5, 0.6) is 0 Å². The van der Waals surface area contributed by atoms with Crippen molar-refractivity contribution in [2.45, 2.75) is 376 Å². The Balaban J connectivity index is 1.66. The van der Waals surface area contributed by atoms with Crippen LogP contribution in [0.15, 0.2) is 48.6 Å². The molecule has 0 bridgehead atoms. The largest absolute Gasteiger partial charge is 0.394 e. The number of ether oxygens (including phenoxy) is 4. The zero-order valence-corrected chi connectivity index (χ0v) is 54.1. The molecule has 0 saturated carbocycles. The van der Waals surface area contributed by atoms with Gasteiger partial charge in [-0.3, -0.25) is 4.79 Å².